The molecule has 0 bridgehead atoms. The number of rotatable bonds is 2. The maximum Gasteiger partial charge on any atom is 0.252 e. The highest BCUT2D eigenvalue weighted by atomic mass is 32.2. The zero-order valence-electron chi connectivity index (χ0n) is 11.0. The van der Waals surface area contributed by atoms with Gasteiger partial charge in [0.15, 0.2) is 0 Å². The Morgan fingerprint density at radius 1 is 1.44 bits per heavy atom. The molecular formula is C12H20N2O2S2. The molecule has 1 aliphatic rings. The Kier molecular flexibility index (Phi) is 3.82. The van der Waals surface area contributed by atoms with Crippen molar-refractivity contribution < 1.29 is 8.42 Å². The summed E-state index contributed by atoms with van der Waals surface area (Å²) in [6.45, 7) is 6.36. The Bertz CT molecular complexity index is 517. The number of hydrogen-bond acceptors (Lipinski definition) is 4. The van der Waals surface area contributed by atoms with Crippen LogP contribution in [0.2, 0.25) is 0 Å². The van der Waals surface area contributed by atoms with Crippen molar-refractivity contribution in [3.8, 4) is 0 Å². The molecule has 0 amide bonds. The first-order valence-electron chi connectivity index (χ1n) is 6.17. The Morgan fingerprint density at radius 3 is 2.61 bits per heavy atom. The smallest absolute Gasteiger partial charge is 0.252 e. The fraction of sp³-hybridized carbons (Fsp3) is 0.667. The molecule has 2 N–H and O–H groups in total. The van der Waals surface area contributed by atoms with Gasteiger partial charge in [-0.2, -0.15) is 4.31 Å². The number of hydrogen-bond donors (Lipinski definition) is 1. The van der Waals surface area contributed by atoms with E-state index in [-0.39, 0.29) is 12.1 Å². The van der Waals surface area contributed by atoms with Crippen molar-refractivity contribution in [3.63, 3.8) is 0 Å². The molecule has 1 aromatic heterocycles. The van der Waals surface area contributed by atoms with E-state index < -0.39 is 10.0 Å². The summed E-state index contributed by atoms with van der Waals surface area (Å²) in [5.74, 6) is 0. The largest absolute Gasteiger partial charge is 0.328 e. The van der Waals surface area contributed by atoms with Gasteiger partial charge in [-0.3, -0.25) is 0 Å². The molecule has 0 radical (unpaired) electrons. The molecule has 2 atom stereocenters. The highest BCUT2D eigenvalue weighted by molar-refractivity contribution is 7.91. The lowest BCUT2D eigenvalue weighted by atomic mass is 10.0. The first-order valence-corrected chi connectivity index (χ1v) is 8.42. The van der Waals surface area contributed by atoms with Gasteiger partial charge in [-0.05, 0) is 45.2 Å². The summed E-state index contributed by atoms with van der Waals surface area (Å²) in [6.07, 6.45) is 1.48. The van der Waals surface area contributed by atoms with Crippen LogP contribution in [-0.2, 0) is 10.0 Å². The first kappa shape index (κ1) is 14.0. The van der Waals surface area contributed by atoms with Gasteiger partial charge in [0.2, 0.25) is 0 Å². The molecule has 1 aromatic rings. The van der Waals surface area contributed by atoms with Gasteiger partial charge >= 0.3 is 0 Å². The second-order valence-corrected chi connectivity index (χ2v) is 8.43. The minimum absolute atomic E-state index is 0.0125. The predicted molar refractivity (Wildman–Crippen MR) is 74.4 cm³/mol. The maximum atomic E-state index is 12.6. The van der Waals surface area contributed by atoms with Gasteiger partial charge in [-0.25, -0.2) is 8.42 Å². The SMILES string of the molecule is Cc1cc(S(=O)(=O)N2CC[C@H](N)C[C@H]2C)sc1C. The summed E-state index contributed by atoms with van der Waals surface area (Å²) in [7, 11) is -3.34. The van der Waals surface area contributed by atoms with Gasteiger partial charge in [0.25, 0.3) is 10.0 Å². The van der Waals surface area contributed by atoms with Crippen molar-refractivity contribution in [1.82, 2.24) is 4.31 Å². The molecule has 0 saturated carbocycles. The van der Waals surface area contributed by atoms with E-state index in [1.807, 2.05) is 20.8 Å². The van der Waals surface area contributed by atoms with Crippen molar-refractivity contribution in [2.24, 2.45) is 5.73 Å². The number of aryl methyl sites for hydroxylation is 2. The monoisotopic (exact) mass is 288 g/mol. The van der Waals surface area contributed by atoms with E-state index in [2.05, 4.69) is 0 Å². The van der Waals surface area contributed by atoms with Crippen molar-refractivity contribution in [2.45, 2.75) is 49.9 Å². The van der Waals surface area contributed by atoms with E-state index >= 15 is 0 Å². The lowest BCUT2D eigenvalue weighted by molar-refractivity contribution is 0.247. The van der Waals surface area contributed by atoms with Crippen molar-refractivity contribution in [2.75, 3.05) is 6.54 Å². The van der Waals surface area contributed by atoms with Crippen molar-refractivity contribution in [1.29, 1.82) is 0 Å². The summed E-state index contributed by atoms with van der Waals surface area (Å²) in [5.41, 5.74) is 6.92. The fourth-order valence-corrected chi connectivity index (χ4v) is 5.63. The highest BCUT2D eigenvalue weighted by Crippen LogP contribution is 2.31. The third-order valence-corrected chi connectivity index (χ3v) is 7.18. The molecule has 1 saturated heterocycles. The quantitative estimate of drug-likeness (QED) is 0.903. The van der Waals surface area contributed by atoms with Crippen LogP contribution in [0.4, 0.5) is 0 Å². The molecule has 1 aliphatic heterocycles. The summed E-state index contributed by atoms with van der Waals surface area (Å²) in [4.78, 5) is 1.06. The average Bonchev–Trinajstić information content (AvgIpc) is 2.59. The second kappa shape index (κ2) is 4.92. The van der Waals surface area contributed by atoms with E-state index in [0.29, 0.717) is 10.8 Å². The van der Waals surface area contributed by atoms with Crippen molar-refractivity contribution in [3.05, 3.63) is 16.5 Å². The molecule has 18 heavy (non-hydrogen) atoms. The first-order chi connectivity index (χ1) is 8.32. The Morgan fingerprint density at radius 2 is 2.11 bits per heavy atom. The van der Waals surface area contributed by atoms with Gasteiger partial charge in [-0.1, -0.05) is 0 Å². The standard InChI is InChI=1S/C12H20N2O2S2/c1-8-6-12(17-10(8)3)18(15,16)14-5-4-11(13)7-9(14)2/h6,9,11H,4-5,7,13H2,1-3H3/t9-,11+/m1/s1. The van der Waals surface area contributed by atoms with Gasteiger partial charge in [0.1, 0.15) is 4.21 Å². The van der Waals surface area contributed by atoms with Crippen LogP contribution in [0.5, 0.6) is 0 Å². The topological polar surface area (TPSA) is 63.4 Å². The van der Waals surface area contributed by atoms with E-state index in [1.54, 1.807) is 10.4 Å². The lowest BCUT2D eigenvalue weighted by Gasteiger charge is -2.34. The third kappa shape index (κ3) is 2.47. The molecular weight excluding hydrogens is 268 g/mol. The molecule has 1 fully saturated rings. The van der Waals surface area contributed by atoms with E-state index in [9.17, 15) is 8.42 Å². The molecule has 6 heteroatoms. The summed E-state index contributed by atoms with van der Waals surface area (Å²) in [6, 6.07) is 1.89. The van der Waals surface area contributed by atoms with Crippen LogP contribution in [0.25, 0.3) is 0 Å². The summed E-state index contributed by atoms with van der Waals surface area (Å²) in [5, 5.41) is 0. The van der Waals surface area contributed by atoms with Crippen LogP contribution in [0, 0.1) is 13.8 Å². The van der Waals surface area contributed by atoms with Crippen LogP contribution in [0.1, 0.15) is 30.2 Å². The van der Waals surface area contributed by atoms with Gasteiger partial charge in [0, 0.05) is 23.5 Å². The van der Waals surface area contributed by atoms with Crippen LogP contribution in [0.3, 0.4) is 0 Å². The molecule has 2 rings (SSSR count). The molecule has 0 aromatic carbocycles. The number of sulfonamides is 1. The Balaban J connectivity index is 2.31. The highest BCUT2D eigenvalue weighted by Gasteiger charge is 2.34. The van der Waals surface area contributed by atoms with E-state index in [1.165, 1.54) is 11.3 Å². The van der Waals surface area contributed by atoms with Crippen LogP contribution < -0.4 is 5.73 Å². The maximum absolute atomic E-state index is 12.6. The fourth-order valence-electron chi connectivity index (χ4n) is 2.33. The van der Waals surface area contributed by atoms with E-state index in [4.69, 9.17) is 5.73 Å². The normalized spacial score (nSPS) is 26.4. The zero-order valence-corrected chi connectivity index (χ0v) is 12.6. The summed E-state index contributed by atoms with van der Waals surface area (Å²) >= 11 is 1.36. The van der Waals surface area contributed by atoms with Gasteiger partial charge in [-0.15, -0.1) is 11.3 Å². The lowest BCUT2D eigenvalue weighted by Crippen LogP contribution is -2.48. The van der Waals surface area contributed by atoms with Crippen LogP contribution >= 0.6 is 11.3 Å². The van der Waals surface area contributed by atoms with Crippen LogP contribution in [0.15, 0.2) is 10.3 Å². The van der Waals surface area contributed by atoms with Gasteiger partial charge in [0.05, 0.1) is 0 Å². The Labute approximate surface area is 113 Å². The minimum atomic E-state index is -3.34. The molecule has 102 valence electrons. The predicted octanol–water partition coefficient (Wildman–Crippen LogP) is 1.87. The average molecular weight is 288 g/mol. The van der Waals surface area contributed by atoms with E-state index in [0.717, 1.165) is 23.3 Å². The molecule has 0 aliphatic carbocycles. The second-order valence-electron chi connectivity index (χ2n) is 5.05. The number of piperidine rings is 1. The number of nitrogens with two attached hydrogens (primary N) is 1. The summed E-state index contributed by atoms with van der Waals surface area (Å²) < 4.78 is 27.2. The third-order valence-electron chi connectivity index (χ3n) is 3.56. The minimum Gasteiger partial charge on any atom is -0.328 e. The van der Waals surface area contributed by atoms with Crippen molar-refractivity contribution >= 4 is 21.4 Å². The molecule has 4 nitrogen and oxygen atoms in total. The molecule has 2 heterocycles. The number of nitrogens with zero attached hydrogens (tertiary/aromatic N) is 1. The zero-order chi connectivity index (χ0) is 13.5. The molecule has 0 spiro atoms. The Hall–Kier alpha value is -0.430. The molecule has 0 unspecified atom stereocenters. The van der Waals surface area contributed by atoms with Gasteiger partial charge < -0.3 is 5.73 Å². The van der Waals surface area contributed by atoms with Crippen LogP contribution in [-0.4, -0.2) is 31.4 Å². The number of thiophene rings is 1.